The van der Waals surface area contributed by atoms with Crippen molar-refractivity contribution in [1.82, 2.24) is 15.1 Å². The quantitative estimate of drug-likeness (QED) is 0.243. The second-order valence-electron chi connectivity index (χ2n) is 16.9. The number of ketones is 2. The topological polar surface area (TPSA) is 86.8 Å². The van der Waals surface area contributed by atoms with Crippen molar-refractivity contribution >= 4 is 23.4 Å². The Hall–Kier alpha value is -2.54. The van der Waals surface area contributed by atoms with E-state index in [1.54, 1.807) is 11.9 Å². The summed E-state index contributed by atoms with van der Waals surface area (Å²) >= 11 is 0. The zero-order valence-electron chi connectivity index (χ0n) is 29.6. The molecule has 1 aromatic rings. The largest absolute Gasteiger partial charge is 0.353 e. The van der Waals surface area contributed by atoms with Crippen molar-refractivity contribution in [2.75, 3.05) is 27.7 Å². The maximum atomic E-state index is 14.1. The molecule has 0 heterocycles. The SMILES string of the molecule is CCC(C)C(CC(=O)CN(C)C)C(=O)N(C)C(C(=O)CC12C3C4C1C1C2C3C41C(=O)NC(Cc1ccccc1)CC(C)C)C(C)C. The lowest BCUT2D eigenvalue weighted by atomic mass is 8.92. The molecule has 4 atom stereocenters. The summed E-state index contributed by atoms with van der Waals surface area (Å²) in [7, 11) is 5.51. The van der Waals surface area contributed by atoms with Crippen molar-refractivity contribution in [2.24, 2.45) is 70.0 Å². The van der Waals surface area contributed by atoms with E-state index in [1.165, 1.54) is 5.56 Å². The standard InChI is InChI=1S/C39H57N3O4/c1-10-23(6)27(18-26(43)20-41(7)8)36(45)42(9)35(22(4)5)28(44)19-38-29-32-30(38)34-31(38)33(29)39(32,34)37(46)40-25(16-21(2)3)17-24-14-12-11-13-15-24/h11-15,21-23,25,27,29-35H,10,16-20H2,1-9H3,(H,40,46). The Morgan fingerprint density at radius 1 is 0.870 bits per heavy atom. The molecule has 2 amide bonds. The lowest BCUT2D eigenvalue weighted by Crippen LogP contribution is -3.11. The van der Waals surface area contributed by atoms with Gasteiger partial charge in [0.2, 0.25) is 11.8 Å². The van der Waals surface area contributed by atoms with E-state index in [-0.39, 0.29) is 58.5 Å². The zero-order chi connectivity index (χ0) is 33.5. The van der Waals surface area contributed by atoms with Crippen LogP contribution in [0, 0.1) is 70.0 Å². The molecule has 1 aromatic carbocycles. The molecule has 0 saturated heterocycles. The highest BCUT2D eigenvalue weighted by Crippen LogP contribution is 3.10. The van der Waals surface area contributed by atoms with Gasteiger partial charge in [0, 0.05) is 31.8 Å². The van der Waals surface area contributed by atoms with Gasteiger partial charge in [-0.1, -0.05) is 78.3 Å². The molecule has 0 bridgehead atoms. The maximum absolute atomic E-state index is 14.1. The number of benzene rings is 1. The summed E-state index contributed by atoms with van der Waals surface area (Å²) in [5.41, 5.74) is 1.18. The molecule has 252 valence electrons. The number of likely N-dealkylation sites (N-methyl/N-ethyl adjacent to an activating group) is 2. The van der Waals surface area contributed by atoms with E-state index in [0.717, 1.165) is 19.3 Å². The molecule has 0 radical (unpaired) electrons. The minimum absolute atomic E-state index is 0.0107. The van der Waals surface area contributed by atoms with E-state index in [4.69, 9.17) is 0 Å². The van der Waals surface area contributed by atoms with E-state index >= 15 is 0 Å². The van der Waals surface area contributed by atoms with Gasteiger partial charge < -0.3 is 15.1 Å². The maximum Gasteiger partial charge on any atom is 0.227 e. The Bertz CT molecular complexity index is 1310. The molecule has 4 unspecified atom stereocenters. The molecule has 1 N–H and O–H groups in total. The third kappa shape index (κ3) is 4.53. The van der Waals surface area contributed by atoms with Crippen molar-refractivity contribution in [2.45, 2.75) is 85.7 Å². The van der Waals surface area contributed by atoms with Gasteiger partial charge in [-0.05, 0) is 91.2 Å². The van der Waals surface area contributed by atoms with Crippen molar-refractivity contribution in [3.8, 4) is 0 Å². The molecular formula is C39H57N3O4. The first-order valence-electron chi connectivity index (χ1n) is 18.0. The molecule has 6 aliphatic rings. The fraction of sp³-hybridized carbons (Fsp3) is 0.744. The lowest BCUT2D eigenvalue weighted by Gasteiger charge is -3.11. The number of nitrogens with one attached hydrogen (secondary N) is 1. The number of carbonyl (C=O) groups excluding carboxylic acids is 4. The van der Waals surface area contributed by atoms with Gasteiger partial charge in [-0.15, -0.1) is 0 Å². The van der Waals surface area contributed by atoms with E-state index in [2.05, 4.69) is 50.4 Å². The van der Waals surface area contributed by atoms with Crippen LogP contribution >= 0.6 is 0 Å². The van der Waals surface area contributed by atoms with Crippen LogP contribution in [0.1, 0.15) is 72.8 Å². The summed E-state index contributed by atoms with van der Waals surface area (Å²) in [5, 5.41) is 3.52. The Morgan fingerprint density at radius 3 is 1.96 bits per heavy atom. The van der Waals surface area contributed by atoms with Gasteiger partial charge in [-0.25, -0.2) is 0 Å². The molecular weight excluding hydrogens is 574 g/mol. The van der Waals surface area contributed by atoms with E-state index in [9.17, 15) is 19.2 Å². The highest BCUT2D eigenvalue weighted by atomic mass is 16.2. The third-order valence-corrected chi connectivity index (χ3v) is 13.4. The molecule has 7 heteroatoms. The second kappa shape index (κ2) is 11.9. The van der Waals surface area contributed by atoms with Crippen molar-refractivity contribution < 1.29 is 19.2 Å². The highest BCUT2D eigenvalue weighted by Gasteiger charge is 3.11. The fourth-order valence-corrected chi connectivity index (χ4v) is 11.8. The summed E-state index contributed by atoms with van der Waals surface area (Å²) in [6.45, 7) is 12.9. The first-order chi connectivity index (χ1) is 21.7. The number of Topliss-reactive ketones (excluding diaryl/α,β-unsaturated/α-hetero) is 2. The second-order valence-corrected chi connectivity index (χ2v) is 16.9. The summed E-state index contributed by atoms with van der Waals surface area (Å²) in [6.07, 6.45) is 3.38. The van der Waals surface area contributed by atoms with E-state index < -0.39 is 12.0 Å². The van der Waals surface area contributed by atoms with Gasteiger partial charge in [0.15, 0.2) is 5.78 Å². The van der Waals surface area contributed by atoms with E-state index in [0.29, 0.717) is 54.4 Å². The van der Waals surface area contributed by atoms with Crippen LogP contribution < -0.4 is 5.32 Å². The average molecular weight is 632 g/mol. The Kier molecular flexibility index (Phi) is 8.60. The molecule has 6 saturated carbocycles. The molecule has 6 fully saturated rings. The number of amides is 2. The average Bonchev–Trinajstić information content (AvgIpc) is 2.98. The Morgan fingerprint density at radius 2 is 1.46 bits per heavy atom. The van der Waals surface area contributed by atoms with Crippen LogP contribution in [-0.4, -0.2) is 73.0 Å². The van der Waals surface area contributed by atoms with Gasteiger partial charge in [-0.2, -0.15) is 0 Å². The predicted octanol–water partition coefficient (Wildman–Crippen LogP) is 5.12. The van der Waals surface area contributed by atoms with Gasteiger partial charge in [0.05, 0.1) is 18.0 Å². The smallest absolute Gasteiger partial charge is 0.227 e. The number of hydrogen-bond donors (Lipinski definition) is 1. The monoisotopic (exact) mass is 631 g/mol. The van der Waals surface area contributed by atoms with Crippen LogP contribution in [0.3, 0.4) is 0 Å². The lowest BCUT2D eigenvalue weighted by molar-refractivity contribution is -0.640. The Labute approximate surface area is 276 Å². The molecule has 6 aliphatic carbocycles. The molecule has 0 aromatic heterocycles. The fourth-order valence-electron chi connectivity index (χ4n) is 11.8. The molecule has 46 heavy (non-hydrogen) atoms. The minimum Gasteiger partial charge on any atom is -0.353 e. The number of rotatable bonds is 18. The molecule has 7 nitrogen and oxygen atoms in total. The van der Waals surface area contributed by atoms with Crippen LogP contribution in [-0.2, 0) is 25.6 Å². The molecule has 7 rings (SSSR count). The van der Waals surface area contributed by atoms with Gasteiger partial charge in [-0.3, -0.25) is 19.2 Å². The van der Waals surface area contributed by atoms with Crippen LogP contribution in [0.25, 0.3) is 0 Å². The van der Waals surface area contributed by atoms with Crippen LogP contribution in [0.2, 0.25) is 0 Å². The van der Waals surface area contributed by atoms with E-state index in [1.807, 2.05) is 45.8 Å². The van der Waals surface area contributed by atoms with Crippen LogP contribution in [0.15, 0.2) is 30.3 Å². The van der Waals surface area contributed by atoms with Gasteiger partial charge >= 0.3 is 0 Å². The van der Waals surface area contributed by atoms with Crippen LogP contribution in [0.5, 0.6) is 0 Å². The summed E-state index contributed by atoms with van der Waals surface area (Å²) in [6, 6.07) is 10.1. The number of hydrogen-bond acceptors (Lipinski definition) is 5. The summed E-state index contributed by atoms with van der Waals surface area (Å²) < 4.78 is 0. The number of carbonyl (C=O) groups is 4. The summed E-state index contributed by atoms with van der Waals surface area (Å²) in [5.74, 6) is 3.43. The number of nitrogens with zero attached hydrogens (tertiary/aromatic N) is 2. The predicted molar refractivity (Wildman–Crippen MR) is 179 cm³/mol. The third-order valence-electron chi connectivity index (χ3n) is 13.4. The first-order valence-corrected chi connectivity index (χ1v) is 18.0. The minimum atomic E-state index is -0.490. The zero-order valence-corrected chi connectivity index (χ0v) is 29.6. The highest BCUT2D eigenvalue weighted by molar-refractivity contribution is 5.96. The van der Waals surface area contributed by atoms with Gasteiger partial charge in [0.1, 0.15) is 5.78 Å². The van der Waals surface area contributed by atoms with Gasteiger partial charge in [0.25, 0.3) is 0 Å². The molecule has 0 aliphatic heterocycles. The van der Waals surface area contributed by atoms with Crippen molar-refractivity contribution in [3.63, 3.8) is 0 Å². The molecule has 0 spiro atoms. The van der Waals surface area contributed by atoms with Crippen molar-refractivity contribution in [1.29, 1.82) is 0 Å². The summed E-state index contributed by atoms with van der Waals surface area (Å²) in [4.78, 5) is 58.3. The van der Waals surface area contributed by atoms with Crippen molar-refractivity contribution in [3.05, 3.63) is 35.9 Å². The normalized spacial score (nSPS) is 34.6. The Balaban J connectivity index is 1.09. The van der Waals surface area contributed by atoms with Crippen LogP contribution in [0.4, 0.5) is 0 Å². The first kappa shape index (κ1) is 33.4.